The summed E-state index contributed by atoms with van der Waals surface area (Å²) in [6.45, 7) is 0.931. The Morgan fingerprint density at radius 3 is 2.19 bits per heavy atom. The van der Waals surface area contributed by atoms with Crippen LogP contribution in [-0.2, 0) is 15.7 Å². The first kappa shape index (κ1) is 25.2. The Kier molecular flexibility index (Phi) is 7.85. The van der Waals surface area contributed by atoms with E-state index in [-0.39, 0.29) is 17.4 Å². The molecule has 0 saturated carbocycles. The Labute approximate surface area is 207 Å². The molecule has 0 aromatic heterocycles. The van der Waals surface area contributed by atoms with Gasteiger partial charge in [0.05, 0.1) is 11.7 Å². The van der Waals surface area contributed by atoms with Gasteiger partial charge >= 0.3 is 6.18 Å². The normalized spacial score (nSPS) is 16.0. The molecule has 1 aliphatic heterocycles. The summed E-state index contributed by atoms with van der Waals surface area (Å²) < 4.78 is 44.1. The molecule has 3 aromatic carbocycles. The van der Waals surface area contributed by atoms with Gasteiger partial charge in [0.1, 0.15) is 5.70 Å². The maximum absolute atomic E-state index is 12.9. The maximum Gasteiger partial charge on any atom is 0.416 e. The summed E-state index contributed by atoms with van der Waals surface area (Å²) in [6, 6.07) is 21.0. The number of rotatable bonds is 7. The van der Waals surface area contributed by atoms with E-state index in [4.69, 9.17) is 4.74 Å². The van der Waals surface area contributed by atoms with Crippen molar-refractivity contribution in [1.82, 2.24) is 10.6 Å². The molecule has 1 unspecified atom stereocenters. The highest BCUT2D eigenvalue weighted by Crippen LogP contribution is 2.29. The number of benzene rings is 3. The Morgan fingerprint density at radius 1 is 0.917 bits per heavy atom. The van der Waals surface area contributed by atoms with E-state index in [9.17, 15) is 22.8 Å². The fourth-order valence-electron chi connectivity index (χ4n) is 3.84. The molecule has 1 fully saturated rings. The van der Waals surface area contributed by atoms with E-state index < -0.39 is 23.6 Å². The Morgan fingerprint density at radius 2 is 1.58 bits per heavy atom. The predicted molar refractivity (Wildman–Crippen MR) is 131 cm³/mol. The number of ether oxygens (including phenoxy) is 1. The third-order valence-corrected chi connectivity index (χ3v) is 5.81. The van der Waals surface area contributed by atoms with Gasteiger partial charge in [0.25, 0.3) is 11.8 Å². The minimum absolute atomic E-state index is 0.000233. The molecule has 1 saturated heterocycles. The molecule has 3 aromatic rings. The van der Waals surface area contributed by atoms with Crippen LogP contribution < -0.4 is 10.6 Å². The molecule has 2 amide bonds. The van der Waals surface area contributed by atoms with E-state index in [0.717, 1.165) is 48.2 Å². The van der Waals surface area contributed by atoms with Gasteiger partial charge in [-0.2, -0.15) is 13.2 Å². The molecule has 0 aliphatic carbocycles. The molecule has 186 valence electrons. The van der Waals surface area contributed by atoms with Crippen LogP contribution in [0.1, 0.15) is 34.3 Å². The van der Waals surface area contributed by atoms with Crippen molar-refractivity contribution in [1.29, 1.82) is 0 Å². The van der Waals surface area contributed by atoms with Gasteiger partial charge in [0.15, 0.2) is 0 Å². The Bertz CT molecular complexity index is 1220. The first-order chi connectivity index (χ1) is 17.3. The number of amides is 2. The summed E-state index contributed by atoms with van der Waals surface area (Å²) in [4.78, 5) is 25.7. The average Bonchev–Trinajstić information content (AvgIpc) is 3.41. The Hall–Kier alpha value is -3.91. The Balaban J connectivity index is 1.54. The van der Waals surface area contributed by atoms with Crippen molar-refractivity contribution in [3.63, 3.8) is 0 Å². The number of halogens is 3. The third kappa shape index (κ3) is 6.60. The molecule has 0 spiro atoms. The summed E-state index contributed by atoms with van der Waals surface area (Å²) >= 11 is 0. The lowest BCUT2D eigenvalue weighted by Gasteiger charge is -2.14. The lowest BCUT2D eigenvalue weighted by Crippen LogP contribution is -2.38. The second-order valence-corrected chi connectivity index (χ2v) is 8.42. The fraction of sp³-hybridized carbons (Fsp3) is 0.214. The monoisotopic (exact) mass is 494 g/mol. The highest BCUT2D eigenvalue weighted by atomic mass is 19.4. The van der Waals surface area contributed by atoms with Gasteiger partial charge in [-0.1, -0.05) is 54.6 Å². The van der Waals surface area contributed by atoms with Crippen LogP contribution in [0.25, 0.3) is 17.2 Å². The van der Waals surface area contributed by atoms with Gasteiger partial charge in [-0.25, -0.2) is 0 Å². The zero-order valence-electron chi connectivity index (χ0n) is 19.3. The summed E-state index contributed by atoms with van der Waals surface area (Å²) in [5.74, 6) is -1.21. The number of carbonyl (C=O) groups excluding carboxylic acids is 2. The van der Waals surface area contributed by atoms with Crippen LogP contribution in [0.3, 0.4) is 0 Å². The SMILES string of the molecule is O=C(NCC1CCCO1)/C(=C\c1ccc(-c2ccccc2)cc1)NC(=O)c1ccc(C(F)(F)F)cc1. The first-order valence-corrected chi connectivity index (χ1v) is 11.6. The maximum atomic E-state index is 12.9. The van der Waals surface area contributed by atoms with Crippen molar-refractivity contribution in [2.45, 2.75) is 25.1 Å². The van der Waals surface area contributed by atoms with Crippen LogP contribution >= 0.6 is 0 Å². The minimum atomic E-state index is -4.51. The van der Waals surface area contributed by atoms with Crippen molar-refractivity contribution in [2.24, 2.45) is 0 Å². The first-order valence-electron chi connectivity index (χ1n) is 11.6. The van der Waals surface area contributed by atoms with Crippen LogP contribution in [0.5, 0.6) is 0 Å². The molecular weight excluding hydrogens is 469 g/mol. The van der Waals surface area contributed by atoms with E-state index in [2.05, 4.69) is 10.6 Å². The predicted octanol–water partition coefficient (Wildman–Crippen LogP) is 5.44. The van der Waals surface area contributed by atoms with Crippen LogP contribution in [0, 0.1) is 0 Å². The van der Waals surface area contributed by atoms with Crippen LogP contribution in [0.15, 0.2) is 84.6 Å². The van der Waals surface area contributed by atoms with Crippen molar-refractivity contribution >= 4 is 17.9 Å². The number of hydrogen-bond acceptors (Lipinski definition) is 3. The lowest BCUT2D eigenvalue weighted by atomic mass is 10.0. The smallest absolute Gasteiger partial charge is 0.376 e. The molecule has 1 heterocycles. The van der Waals surface area contributed by atoms with Crippen molar-refractivity contribution in [2.75, 3.05) is 13.2 Å². The average molecular weight is 495 g/mol. The second kappa shape index (κ2) is 11.2. The van der Waals surface area contributed by atoms with E-state index >= 15 is 0 Å². The van der Waals surface area contributed by atoms with Gasteiger partial charge < -0.3 is 15.4 Å². The molecule has 8 heteroatoms. The zero-order valence-corrected chi connectivity index (χ0v) is 19.3. The minimum Gasteiger partial charge on any atom is -0.376 e. The van der Waals surface area contributed by atoms with Gasteiger partial charge in [-0.05, 0) is 59.9 Å². The second-order valence-electron chi connectivity index (χ2n) is 8.42. The number of alkyl halides is 3. The highest BCUT2D eigenvalue weighted by molar-refractivity contribution is 6.05. The van der Waals surface area contributed by atoms with Gasteiger partial charge in [0, 0.05) is 18.7 Å². The summed E-state index contributed by atoms with van der Waals surface area (Å²) in [7, 11) is 0. The van der Waals surface area contributed by atoms with Gasteiger partial charge in [-0.15, -0.1) is 0 Å². The summed E-state index contributed by atoms with van der Waals surface area (Å²) in [6.07, 6.45) is -1.32. The fourth-order valence-corrected chi connectivity index (χ4v) is 3.84. The van der Waals surface area contributed by atoms with E-state index in [0.29, 0.717) is 18.7 Å². The molecule has 2 N–H and O–H groups in total. The number of carbonyl (C=O) groups is 2. The highest BCUT2D eigenvalue weighted by Gasteiger charge is 2.30. The quantitative estimate of drug-likeness (QED) is 0.430. The molecule has 1 aliphatic rings. The third-order valence-electron chi connectivity index (χ3n) is 5.81. The molecular formula is C28H25F3N2O3. The summed E-state index contributed by atoms with van der Waals surface area (Å²) in [5.41, 5.74) is 1.82. The van der Waals surface area contributed by atoms with Crippen LogP contribution in [-0.4, -0.2) is 31.1 Å². The van der Waals surface area contributed by atoms with E-state index in [1.807, 2.05) is 54.6 Å². The topological polar surface area (TPSA) is 67.4 Å². The lowest BCUT2D eigenvalue weighted by molar-refractivity contribution is -0.137. The molecule has 4 rings (SSSR count). The molecule has 1 atom stereocenters. The number of nitrogens with one attached hydrogen (secondary N) is 2. The molecule has 5 nitrogen and oxygen atoms in total. The van der Waals surface area contributed by atoms with Gasteiger partial charge in [0.2, 0.25) is 0 Å². The standard InChI is InChI=1S/C28H25F3N2O3/c29-28(30,31)23-14-12-22(13-15-23)26(34)33-25(27(35)32-18-24-7-4-16-36-24)17-19-8-10-21(11-9-19)20-5-2-1-3-6-20/h1-3,5-6,8-15,17,24H,4,7,16,18H2,(H,32,35)(H,33,34)/b25-17+. The molecule has 36 heavy (non-hydrogen) atoms. The van der Waals surface area contributed by atoms with E-state index in [1.165, 1.54) is 6.08 Å². The summed E-state index contributed by atoms with van der Waals surface area (Å²) in [5, 5.41) is 5.32. The largest absolute Gasteiger partial charge is 0.416 e. The zero-order chi connectivity index (χ0) is 25.5. The van der Waals surface area contributed by atoms with Crippen LogP contribution in [0.2, 0.25) is 0 Å². The van der Waals surface area contributed by atoms with Crippen molar-refractivity contribution in [3.8, 4) is 11.1 Å². The van der Waals surface area contributed by atoms with Crippen molar-refractivity contribution < 1.29 is 27.5 Å². The molecule has 0 radical (unpaired) electrons. The van der Waals surface area contributed by atoms with Gasteiger partial charge in [-0.3, -0.25) is 9.59 Å². The van der Waals surface area contributed by atoms with Crippen molar-refractivity contribution in [3.05, 3.63) is 101 Å². The van der Waals surface area contributed by atoms with Crippen LogP contribution in [0.4, 0.5) is 13.2 Å². The molecule has 0 bridgehead atoms. The van der Waals surface area contributed by atoms with E-state index in [1.54, 1.807) is 0 Å². The number of hydrogen-bond donors (Lipinski definition) is 2.